The lowest BCUT2D eigenvalue weighted by atomic mass is 9.76. The highest BCUT2D eigenvalue weighted by atomic mass is 16.6. The maximum Gasteiger partial charge on any atom is 0.312 e. The fourth-order valence-electron chi connectivity index (χ4n) is 4.78. The Morgan fingerprint density at radius 3 is 2.54 bits per heavy atom. The summed E-state index contributed by atoms with van der Waals surface area (Å²) in [5.41, 5.74) is 2.78. The third-order valence-electron chi connectivity index (χ3n) is 6.56. The largest absolute Gasteiger partial charge is 0.483 e. The molecule has 6 heteroatoms. The van der Waals surface area contributed by atoms with E-state index in [-0.39, 0.29) is 24.0 Å². The van der Waals surface area contributed by atoms with E-state index in [1.54, 1.807) is 0 Å². The number of benzene rings is 1. The Labute approximate surface area is 167 Å². The number of esters is 1. The fraction of sp³-hybridized carbons (Fsp3) is 0.636. The highest BCUT2D eigenvalue weighted by molar-refractivity contribution is 5.79. The van der Waals surface area contributed by atoms with Crippen molar-refractivity contribution in [1.29, 1.82) is 0 Å². The minimum atomic E-state index is -0.250. The van der Waals surface area contributed by atoms with E-state index in [4.69, 9.17) is 14.6 Å². The van der Waals surface area contributed by atoms with Crippen LogP contribution >= 0.6 is 0 Å². The van der Waals surface area contributed by atoms with Gasteiger partial charge < -0.3 is 14.7 Å². The minimum Gasteiger partial charge on any atom is -0.483 e. The highest BCUT2D eigenvalue weighted by Gasteiger charge is 2.49. The Balaban J connectivity index is 0.000000706. The van der Waals surface area contributed by atoms with Gasteiger partial charge in [0.1, 0.15) is 6.10 Å². The van der Waals surface area contributed by atoms with Gasteiger partial charge in [-0.15, -0.1) is 0 Å². The zero-order valence-corrected chi connectivity index (χ0v) is 16.8. The molecule has 0 radical (unpaired) electrons. The van der Waals surface area contributed by atoms with Gasteiger partial charge in [0.25, 0.3) is 6.47 Å². The summed E-state index contributed by atoms with van der Waals surface area (Å²) in [7, 11) is 0. The highest BCUT2D eigenvalue weighted by Crippen LogP contribution is 2.43. The molecule has 0 saturated carbocycles. The normalized spacial score (nSPS) is 24.2. The van der Waals surface area contributed by atoms with E-state index >= 15 is 0 Å². The first-order valence-electron chi connectivity index (χ1n) is 10.4. The lowest BCUT2D eigenvalue weighted by Gasteiger charge is -2.36. The van der Waals surface area contributed by atoms with Crippen molar-refractivity contribution in [3.8, 4) is 0 Å². The number of cyclic esters (lactones) is 1. The van der Waals surface area contributed by atoms with E-state index in [1.165, 1.54) is 11.1 Å². The second-order valence-electron chi connectivity index (χ2n) is 8.13. The maximum atomic E-state index is 12.5. The molecule has 1 spiro atoms. The summed E-state index contributed by atoms with van der Waals surface area (Å²) in [5.74, 6) is 0.0808. The molecular formula is C22H32N2O4. The zero-order chi connectivity index (χ0) is 20.0. The average molecular weight is 389 g/mol. The van der Waals surface area contributed by atoms with Crippen LogP contribution in [0, 0.1) is 5.41 Å². The van der Waals surface area contributed by atoms with Gasteiger partial charge in [-0.05, 0) is 56.4 Å². The van der Waals surface area contributed by atoms with Gasteiger partial charge >= 0.3 is 5.97 Å². The first kappa shape index (κ1) is 20.8. The Morgan fingerprint density at radius 2 is 1.86 bits per heavy atom. The number of nitrogens with zero attached hydrogens (tertiary/aromatic N) is 2. The van der Waals surface area contributed by atoms with Crippen molar-refractivity contribution in [2.24, 2.45) is 5.41 Å². The van der Waals surface area contributed by atoms with E-state index in [0.29, 0.717) is 0 Å². The minimum absolute atomic E-state index is 0.0808. The SMILES string of the molecule is CCN1CCC2(CC1)CC(CCN1CCc3ccccc3C1)OC2=O.O=CO. The van der Waals surface area contributed by atoms with Crippen LogP contribution in [0.1, 0.15) is 43.7 Å². The van der Waals surface area contributed by atoms with E-state index in [9.17, 15) is 4.79 Å². The Hall–Kier alpha value is -1.92. The van der Waals surface area contributed by atoms with Gasteiger partial charge in [0, 0.05) is 26.1 Å². The average Bonchev–Trinajstić information content (AvgIpc) is 3.02. The van der Waals surface area contributed by atoms with Gasteiger partial charge in [-0.2, -0.15) is 0 Å². The standard InChI is InChI=1S/C21H30N2O2.CH2O2/c1-2-22-13-9-21(10-14-22)15-19(25-20(21)24)8-12-23-11-7-17-5-3-4-6-18(17)16-23;2-1-3/h3-6,19H,2,7-16H2,1H3;1H,(H,2,3). The molecule has 1 N–H and O–H groups in total. The third-order valence-corrected chi connectivity index (χ3v) is 6.56. The molecule has 28 heavy (non-hydrogen) atoms. The van der Waals surface area contributed by atoms with Gasteiger partial charge in [0.05, 0.1) is 5.41 Å². The lowest BCUT2D eigenvalue weighted by molar-refractivity contribution is -0.151. The number of carbonyl (C=O) groups excluding carboxylic acids is 1. The smallest absolute Gasteiger partial charge is 0.312 e. The third kappa shape index (κ3) is 4.73. The predicted molar refractivity (Wildman–Crippen MR) is 107 cm³/mol. The molecule has 1 unspecified atom stereocenters. The topological polar surface area (TPSA) is 70.1 Å². The van der Waals surface area contributed by atoms with Gasteiger partial charge in [-0.3, -0.25) is 14.5 Å². The van der Waals surface area contributed by atoms with Crippen molar-refractivity contribution in [2.75, 3.05) is 32.7 Å². The van der Waals surface area contributed by atoms with Crippen LogP contribution in [0.15, 0.2) is 24.3 Å². The van der Waals surface area contributed by atoms with Gasteiger partial charge in [-0.25, -0.2) is 0 Å². The number of rotatable bonds is 4. The lowest BCUT2D eigenvalue weighted by Crippen LogP contribution is -2.42. The number of carboxylic acid groups (broad SMARTS) is 1. The number of hydrogen-bond acceptors (Lipinski definition) is 5. The monoisotopic (exact) mass is 388 g/mol. The molecule has 0 amide bonds. The number of piperidine rings is 1. The molecule has 3 aliphatic heterocycles. The quantitative estimate of drug-likeness (QED) is 0.631. The van der Waals surface area contributed by atoms with Gasteiger partial charge in [0.15, 0.2) is 0 Å². The first-order chi connectivity index (χ1) is 13.6. The maximum absolute atomic E-state index is 12.5. The molecule has 3 aliphatic rings. The molecule has 2 fully saturated rings. The summed E-state index contributed by atoms with van der Waals surface area (Å²) >= 11 is 0. The molecule has 6 nitrogen and oxygen atoms in total. The van der Waals surface area contributed by atoms with E-state index in [2.05, 4.69) is 41.0 Å². The second-order valence-corrected chi connectivity index (χ2v) is 8.13. The number of likely N-dealkylation sites (tertiary alicyclic amines) is 1. The first-order valence-corrected chi connectivity index (χ1v) is 10.4. The van der Waals surface area contributed by atoms with Crippen LogP contribution in [0.2, 0.25) is 0 Å². The van der Waals surface area contributed by atoms with Crippen molar-refractivity contribution >= 4 is 12.4 Å². The molecular weight excluding hydrogens is 356 g/mol. The van der Waals surface area contributed by atoms with E-state index < -0.39 is 0 Å². The van der Waals surface area contributed by atoms with Crippen molar-refractivity contribution in [3.63, 3.8) is 0 Å². The predicted octanol–water partition coefficient (Wildman–Crippen LogP) is 2.55. The number of ether oxygens (including phenoxy) is 1. The Morgan fingerprint density at radius 1 is 1.18 bits per heavy atom. The van der Waals surface area contributed by atoms with Crippen LogP contribution in [-0.2, 0) is 27.3 Å². The van der Waals surface area contributed by atoms with Crippen LogP contribution in [0.5, 0.6) is 0 Å². The fourth-order valence-corrected chi connectivity index (χ4v) is 4.78. The van der Waals surface area contributed by atoms with Gasteiger partial charge in [-0.1, -0.05) is 31.2 Å². The molecule has 3 heterocycles. The molecule has 2 saturated heterocycles. The molecule has 1 aromatic rings. The molecule has 154 valence electrons. The number of fused-ring (bicyclic) bond motifs is 1. The molecule has 0 aromatic heterocycles. The van der Waals surface area contributed by atoms with Gasteiger partial charge in [0.2, 0.25) is 0 Å². The Kier molecular flexibility index (Phi) is 7.08. The van der Waals surface area contributed by atoms with Crippen molar-refractivity contribution < 1.29 is 19.4 Å². The van der Waals surface area contributed by atoms with Crippen molar-refractivity contribution in [1.82, 2.24) is 9.80 Å². The van der Waals surface area contributed by atoms with Crippen LogP contribution < -0.4 is 0 Å². The van der Waals surface area contributed by atoms with Crippen molar-refractivity contribution in [3.05, 3.63) is 35.4 Å². The Bertz CT molecular complexity index is 670. The number of hydrogen-bond donors (Lipinski definition) is 1. The molecule has 0 aliphatic carbocycles. The molecule has 0 bridgehead atoms. The summed E-state index contributed by atoms with van der Waals surface area (Å²) in [5, 5.41) is 6.89. The van der Waals surface area contributed by atoms with Crippen LogP contribution in [-0.4, -0.2) is 66.2 Å². The summed E-state index contributed by atoms with van der Waals surface area (Å²) < 4.78 is 5.80. The van der Waals surface area contributed by atoms with Crippen LogP contribution in [0.3, 0.4) is 0 Å². The van der Waals surface area contributed by atoms with Crippen LogP contribution in [0.4, 0.5) is 0 Å². The van der Waals surface area contributed by atoms with E-state index in [1.807, 2.05) is 0 Å². The molecule has 1 atom stereocenters. The summed E-state index contributed by atoms with van der Waals surface area (Å²) in [6.45, 7) is 8.31. The number of carbonyl (C=O) groups is 2. The summed E-state index contributed by atoms with van der Waals surface area (Å²) in [6.07, 6.45) is 5.14. The second kappa shape index (κ2) is 9.52. The molecule has 4 rings (SSSR count). The summed E-state index contributed by atoms with van der Waals surface area (Å²) in [4.78, 5) is 25.8. The zero-order valence-electron chi connectivity index (χ0n) is 16.8. The van der Waals surface area contributed by atoms with Crippen molar-refractivity contribution in [2.45, 2.75) is 51.7 Å². The summed E-state index contributed by atoms with van der Waals surface area (Å²) in [6, 6.07) is 8.76. The molecule has 1 aromatic carbocycles. The van der Waals surface area contributed by atoms with E-state index in [0.717, 1.165) is 71.4 Å². The van der Waals surface area contributed by atoms with Crippen LogP contribution in [0.25, 0.3) is 0 Å².